The first-order valence-electron chi connectivity index (χ1n) is 6.77. The van der Waals surface area contributed by atoms with E-state index in [0.29, 0.717) is 17.9 Å². The number of rotatable bonds is 7. The summed E-state index contributed by atoms with van der Waals surface area (Å²) in [5.41, 5.74) is 0.580. The summed E-state index contributed by atoms with van der Waals surface area (Å²) in [4.78, 5) is 0. The standard InChI is InChI=1S/C16H18N2O3/c1-12(16-3-2-8-20-16)18-10-14(19)11-21-15-6-4-13(9-17)5-7-15/h2-8,12,14,18-19H,10-11H2,1H3/t12-,14?/m0/s1. The number of ether oxygens (including phenoxy) is 1. The zero-order valence-electron chi connectivity index (χ0n) is 11.8. The predicted octanol–water partition coefficient (Wildman–Crippen LogP) is 2.24. The smallest absolute Gasteiger partial charge is 0.120 e. The highest BCUT2D eigenvalue weighted by molar-refractivity contribution is 5.34. The van der Waals surface area contributed by atoms with Gasteiger partial charge in [-0.05, 0) is 43.3 Å². The Kier molecular flexibility index (Phi) is 5.38. The van der Waals surface area contributed by atoms with E-state index in [1.165, 1.54) is 0 Å². The molecular formula is C16H18N2O3. The van der Waals surface area contributed by atoms with Crippen molar-refractivity contribution < 1.29 is 14.3 Å². The van der Waals surface area contributed by atoms with E-state index < -0.39 is 6.10 Å². The van der Waals surface area contributed by atoms with Crippen LogP contribution < -0.4 is 10.1 Å². The molecule has 0 bridgehead atoms. The molecule has 5 heteroatoms. The molecule has 1 aromatic carbocycles. The van der Waals surface area contributed by atoms with Crippen molar-refractivity contribution in [2.45, 2.75) is 19.1 Å². The van der Waals surface area contributed by atoms with Crippen LogP contribution in [0.15, 0.2) is 47.1 Å². The van der Waals surface area contributed by atoms with Crippen molar-refractivity contribution >= 4 is 0 Å². The van der Waals surface area contributed by atoms with Crippen LogP contribution in [0.2, 0.25) is 0 Å². The molecule has 0 saturated carbocycles. The second-order valence-electron chi connectivity index (χ2n) is 4.75. The number of furan rings is 1. The first-order chi connectivity index (χ1) is 10.2. The third-order valence-electron chi connectivity index (χ3n) is 3.06. The number of aliphatic hydroxyl groups is 1. The molecule has 0 fully saturated rings. The normalized spacial score (nSPS) is 13.4. The summed E-state index contributed by atoms with van der Waals surface area (Å²) in [7, 11) is 0. The summed E-state index contributed by atoms with van der Waals surface area (Å²) < 4.78 is 10.7. The van der Waals surface area contributed by atoms with Crippen molar-refractivity contribution in [3.8, 4) is 11.8 Å². The minimum absolute atomic E-state index is 0.0320. The Labute approximate surface area is 123 Å². The van der Waals surface area contributed by atoms with Gasteiger partial charge in [-0.15, -0.1) is 0 Å². The maximum absolute atomic E-state index is 9.89. The van der Waals surface area contributed by atoms with Crippen molar-refractivity contribution in [1.82, 2.24) is 5.32 Å². The topological polar surface area (TPSA) is 78.4 Å². The fourth-order valence-corrected chi connectivity index (χ4v) is 1.83. The highest BCUT2D eigenvalue weighted by Crippen LogP contribution is 2.13. The molecule has 0 radical (unpaired) electrons. The van der Waals surface area contributed by atoms with Gasteiger partial charge >= 0.3 is 0 Å². The van der Waals surface area contributed by atoms with Crippen molar-refractivity contribution in [2.75, 3.05) is 13.2 Å². The van der Waals surface area contributed by atoms with E-state index in [4.69, 9.17) is 14.4 Å². The SMILES string of the molecule is C[C@H](NCC(O)COc1ccc(C#N)cc1)c1ccco1. The summed E-state index contributed by atoms with van der Waals surface area (Å²) in [6.07, 6.45) is 0.996. The molecule has 0 spiro atoms. The van der Waals surface area contributed by atoms with Crippen LogP contribution in [-0.4, -0.2) is 24.4 Å². The van der Waals surface area contributed by atoms with Crippen molar-refractivity contribution in [2.24, 2.45) is 0 Å². The molecule has 2 atom stereocenters. The van der Waals surface area contributed by atoms with Gasteiger partial charge in [0.15, 0.2) is 0 Å². The minimum atomic E-state index is -0.627. The number of nitrogens with one attached hydrogen (secondary N) is 1. The first kappa shape index (κ1) is 15.1. The average molecular weight is 286 g/mol. The molecular weight excluding hydrogens is 268 g/mol. The quantitative estimate of drug-likeness (QED) is 0.816. The summed E-state index contributed by atoms with van der Waals surface area (Å²) in [5, 5.41) is 21.8. The molecule has 5 nitrogen and oxygen atoms in total. The minimum Gasteiger partial charge on any atom is -0.491 e. The van der Waals surface area contributed by atoms with Gasteiger partial charge in [0.2, 0.25) is 0 Å². The van der Waals surface area contributed by atoms with E-state index in [1.54, 1.807) is 30.5 Å². The van der Waals surface area contributed by atoms with Gasteiger partial charge in [-0.2, -0.15) is 5.26 Å². The molecule has 2 rings (SSSR count). The summed E-state index contributed by atoms with van der Waals surface area (Å²) in [6, 6.07) is 12.6. The van der Waals surface area contributed by atoms with E-state index in [9.17, 15) is 5.11 Å². The lowest BCUT2D eigenvalue weighted by atomic mass is 10.2. The summed E-state index contributed by atoms with van der Waals surface area (Å²) in [5.74, 6) is 1.46. The lowest BCUT2D eigenvalue weighted by Crippen LogP contribution is -2.32. The largest absolute Gasteiger partial charge is 0.491 e. The number of nitrogens with zero attached hydrogens (tertiary/aromatic N) is 1. The van der Waals surface area contributed by atoms with E-state index in [1.807, 2.05) is 25.1 Å². The molecule has 0 aliphatic carbocycles. The van der Waals surface area contributed by atoms with Gasteiger partial charge in [-0.3, -0.25) is 0 Å². The monoisotopic (exact) mass is 286 g/mol. The molecule has 0 aliphatic rings. The van der Waals surface area contributed by atoms with Gasteiger partial charge in [0.25, 0.3) is 0 Å². The molecule has 0 aliphatic heterocycles. The zero-order chi connectivity index (χ0) is 15.1. The molecule has 1 unspecified atom stereocenters. The molecule has 1 aromatic heterocycles. The number of benzene rings is 1. The maximum Gasteiger partial charge on any atom is 0.120 e. The van der Waals surface area contributed by atoms with Crippen LogP contribution in [0.3, 0.4) is 0 Å². The Balaban J connectivity index is 1.72. The first-order valence-corrected chi connectivity index (χ1v) is 6.77. The van der Waals surface area contributed by atoms with Crippen molar-refractivity contribution in [3.63, 3.8) is 0 Å². The molecule has 0 saturated heterocycles. The van der Waals surface area contributed by atoms with Gasteiger partial charge < -0.3 is 19.6 Å². The third kappa shape index (κ3) is 4.63. The second kappa shape index (κ2) is 7.48. The molecule has 2 aromatic rings. The van der Waals surface area contributed by atoms with Crippen LogP contribution >= 0.6 is 0 Å². The van der Waals surface area contributed by atoms with Crippen molar-refractivity contribution in [3.05, 3.63) is 54.0 Å². The van der Waals surface area contributed by atoms with Gasteiger partial charge in [-0.25, -0.2) is 0 Å². The van der Waals surface area contributed by atoms with E-state index >= 15 is 0 Å². The summed E-state index contributed by atoms with van der Waals surface area (Å²) >= 11 is 0. The van der Waals surface area contributed by atoms with Crippen LogP contribution in [-0.2, 0) is 0 Å². The van der Waals surface area contributed by atoms with E-state index in [2.05, 4.69) is 5.32 Å². The lowest BCUT2D eigenvalue weighted by molar-refractivity contribution is 0.103. The Morgan fingerprint density at radius 1 is 1.33 bits per heavy atom. The van der Waals surface area contributed by atoms with Crippen LogP contribution in [0, 0.1) is 11.3 Å². The number of aliphatic hydroxyl groups excluding tert-OH is 1. The Hall–Kier alpha value is -2.29. The van der Waals surface area contributed by atoms with Crippen LogP contribution in [0.4, 0.5) is 0 Å². The fourth-order valence-electron chi connectivity index (χ4n) is 1.83. The van der Waals surface area contributed by atoms with Gasteiger partial charge in [0.05, 0.1) is 23.9 Å². The number of hydrogen-bond acceptors (Lipinski definition) is 5. The number of hydrogen-bond donors (Lipinski definition) is 2. The predicted molar refractivity (Wildman–Crippen MR) is 77.8 cm³/mol. The Morgan fingerprint density at radius 2 is 2.10 bits per heavy atom. The average Bonchev–Trinajstić information content (AvgIpc) is 3.05. The lowest BCUT2D eigenvalue weighted by Gasteiger charge is -2.16. The Bertz CT molecular complexity index is 573. The van der Waals surface area contributed by atoms with Gasteiger partial charge in [-0.1, -0.05) is 0 Å². The Morgan fingerprint density at radius 3 is 2.71 bits per heavy atom. The molecule has 0 amide bonds. The number of nitriles is 1. The van der Waals surface area contributed by atoms with Crippen LogP contribution in [0.25, 0.3) is 0 Å². The fraction of sp³-hybridized carbons (Fsp3) is 0.312. The van der Waals surface area contributed by atoms with E-state index in [0.717, 1.165) is 5.76 Å². The molecule has 21 heavy (non-hydrogen) atoms. The second-order valence-corrected chi connectivity index (χ2v) is 4.75. The van der Waals surface area contributed by atoms with Crippen LogP contribution in [0.5, 0.6) is 5.75 Å². The highest BCUT2D eigenvalue weighted by atomic mass is 16.5. The van der Waals surface area contributed by atoms with E-state index in [-0.39, 0.29) is 12.6 Å². The van der Waals surface area contributed by atoms with Crippen molar-refractivity contribution in [1.29, 1.82) is 5.26 Å². The molecule has 2 N–H and O–H groups in total. The van der Waals surface area contributed by atoms with Crippen LogP contribution in [0.1, 0.15) is 24.3 Å². The zero-order valence-corrected chi connectivity index (χ0v) is 11.8. The molecule has 110 valence electrons. The van der Waals surface area contributed by atoms with Gasteiger partial charge in [0, 0.05) is 6.54 Å². The molecule has 1 heterocycles. The van der Waals surface area contributed by atoms with Gasteiger partial charge in [0.1, 0.15) is 24.2 Å². The highest BCUT2D eigenvalue weighted by Gasteiger charge is 2.11. The summed E-state index contributed by atoms with van der Waals surface area (Å²) in [6.45, 7) is 2.55. The third-order valence-corrected chi connectivity index (χ3v) is 3.06. The maximum atomic E-state index is 9.89.